The summed E-state index contributed by atoms with van der Waals surface area (Å²) < 4.78 is 5.13. The van der Waals surface area contributed by atoms with Crippen LogP contribution < -0.4 is 15.4 Å². The smallest absolute Gasteiger partial charge is 0.234 e. The van der Waals surface area contributed by atoms with Crippen molar-refractivity contribution in [3.05, 3.63) is 29.8 Å². The van der Waals surface area contributed by atoms with Gasteiger partial charge in [0.15, 0.2) is 0 Å². The van der Waals surface area contributed by atoms with Crippen molar-refractivity contribution in [2.24, 2.45) is 0 Å². The van der Waals surface area contributed by atoms with Crippen LogP contribution in [0.15, 0.2) is 24.3 Å². The molecule has 0 radical (unpaired) electrons. The van der Waals surface area contributed by atoms with E-state index in [0.717, 1.165) is 30.7 Å². The van der Waals surface area contributed by atoms with Crippen molar-refractivity contribution in [1.82, 2.24) is 10.6 Å². The van der Waals surface area contributed by atoms with E-state index in [1.807, 2.05) is 24.3 Å². The van der Waals surface area contributed by atoms with Gasteiger partial charge in [-0.25, -0.2) is 0 Å². The van der Waals surface area contributed by atoms with Crippen molar-refractivity contribution in [3.8, 4) is 5.75 Å². The first-order chi connectivity index (χ1) is 9.21. The number of hydrogen-bond acceptors (Lipinski definition) is 3. The molecule has 0 aliphatic rings. The molecular weight excluding hydrogens is 240 g/mol. The van der Waals surface area contributed by atoms with Gasteiger partial charge in [-0.1, -0.05) is 26.0 Å². The maximum Gasteiger partial charge on any atom is 0.234 e. The molecule has 0 bridgehead atoms. The number of benzene rings is 1. The zero-order chi connectivity index (χ0) is 14.1. The summed E-state index contributed by atoms with van der Waals surface area (Å²) >= 11 is 0. The van der Waals surface area contributed by atoms with Crippen LogP contribution in [-0.4, -0.2) is 26.1 Å². The summed E-state index contributed by atoms with van der Waals surface area (Å²) in [5, 5.41) is 6.14. The van der Waals surface area contributed by atoms with E-state index in [1.54, 1.807) is 7.11 Å². The summed E-state index contributed by atoms with van der Waals surface area (Å²) in [5.41, 5.74) is 1.10. The quantitative estimate of drug-likeness (QED) is 0.708. The first-order valence-corrected chi connectivity index (χ1v) is 6.85. The average Bonchev–Trinajstić information content (AvgIpc) is 2.45. The topological polar surface area (TPSA) is 50.4 Å². The van der Waals surface area contributed by atoms with Crippen molar-refractivity contribution in [3.63, 3.8) is 0 Å². The van der Waals surface area contributed by atoms with Crippen molar-refractivity contribution < 1.29 is 9.53 Å². The first-order valence-electron chi connectivity index (χ1n) is 6.85. The molecule has 106 valence electrons. The highest BCUT2D eigenvalue weighted by molar-refractivity contribution is 5.78. The van der Waals surface area contributed by atoms with Gasteiger partial charge in [0.1, 0.15) is 5.75 Å². The van der Waals surface area contributed by atoms with E-state index < -0.39 is 0 Å². The Morgan fingerprint density at radius 3 is 2.47 bits per heavy atom. The van der Waals surface area contributed by atoms with E-state index in [4.69, 9.17) is 4.74 Å². The van der Waals surface area contributed by atoms with Gasteiger partial charge in [0, 0.05) is 0 Å². The minimum atomic E-state index is 0.0381. The third kappa shape index (κ3) is 5.30. The third-order valence-electron chi connectivity index (χ3n) is 2.97. The van der Waals surface area contributed by atoms with E-state index in [9.17, 15) is 4.79 Å². The maximum atomic E-state index is 11.8. The normalized spacial score (nSPS) is 11.9. The largest absolute Gasteiger partial charge is 0.497 e. The Balaban J connectivity index is 2.54. The molecule has 2 N–H and O–H groups in total. The fourth-order valence-corrected chi connectivity index (χ4v) is 1.88. The highest BCUT2D eigenvalue weighted by Crippen LogP contribution is 2.19. The highest BCUT2D eigenvalue weighted by atomic mass is 16.5. The molecule has 4 nitrogen and oxygen atoms in total. The summed E-state index contributed by atoms with van der Waals surface area (Å²) in [6.07, 6.45) is 1.90. The molecule has 0 aliphatic carbocycles. The predicted octanol–water partition coefficient (Wildman–Crippen LogP) is 2.26. The van der Waals surface area contributed by atoms with Gasteiger partial charge >= 0.3 is 0 Å². The molecule has 0 heterocycles. The first kappa shape index (κ1) is 15.5. The lowest BCUT2D eigenvalue weighted by molar-refractivity contribution is -0.121. The van der Waals surface area contributed by atoms with Crippen molar-refractivity contribution in [2.45, 2.75) is 32.7 Å². The Labute approximate surface area is 115 Å². The minimum Gasteiger partial charge on any atom is -0.497 e. The summed E-state index contributed by atoms with van der Waals surface area (Å²) in [6.45, 7) is 5.39. The number of carbonyl (C=O) groups is 1. The number of ether oxygens (including phenoxy) is 1. The fraction of sp³-hybridized carbons (Fsp3) is 0.533. The number of amides is 1. The number of carbonyl (C=O) groups excluding carboxylic acids is 1. The average molecular weight is 264 g/mol. The molecule has 0 aliphatic heterocycles. The minimum absolute atomic E-state index is 0.0381. The Hall–Kier alpha value is -1.55. The summed E-state index contributed by atoms with van der Waals surface area (Å²) in [4.78, 5) is 11.8. The second kappa shape index (κ2) is 8.53. The second-order valence-corrected chi connectivity index (χ2v) is 4.48. The Kier molecular flexibility index (Phi) is 6.97. The lowest BCUT2D eigenvalue weighted by Crippen LogP contribution is -2.36. The van der Waals surface area contributed by atoms with Crippen LogP contribution in [0, 0.1) is 0 Å². The molecule has 0 aromatic heterocycles. The molecule has 1 aromatic rings. The van der Waals surface area contributed by atoms with E-state index in [0.29, 0.717) is 6.54 Å². The molecule has 0 saturated heterocycles. The van der Waals surface area contributed by atoms with E-state index in [1.165, 1.54) is 0 Å². The van der Waals surface area contributed by atoms with Gasteiger partial charge in [-0.3, -0.25) is 4.79 Å². The molecule has 1 aromatic carbocycles. The van der Waals surface area contributed by atoms with Gasteiger partial charge in [0.25, 0.3) is 0 Å². The second-order valence-electron chi connectivity index (χ2n) is 4.48. The van der Waals surface area contributed by atoms with Crippen LogP contribution in [0.2, 0.25) is 0 Å². The summed E-state index contributed by atoms with van der Waals surface area (Å²) in [6, 6.07) is 7.88. The predicted molar refractivity (Wildman–Crippen MR) is 77.3 cm³/mol. The molecule has 19 heavy (non-hydrogen) atoms. The molecule has 1 unspecified atom stereocenters. The molecule has 1 atom stereocenters. The Bertz CT molecular complexity index is 376. The number of rotatable bonds is 8. The molecule has 1 amide bonds. The molecule has 0 spiro atoms. The van der Waals surface area contributed by atoms with Crippen LogP contribution in [-0.2, 0) is 4.79 Å². The molecule has 0 fully saturated rings. The van der Waals surface area contributed by atoms with Crippen molar-refractivity contribution >= 4 is 5.91 Å². The monoisotopic (exact) mass is 264 g/mol. The van der Waals surface area contributed by atoms with Crippen LogP contribution in [0.4, 0.5) is 0 Å². The van der Waals surface area contributed by atoms with Crippen LogP contribution in [0.3, 0.4) is 0 Å². The van der Waals surface area contributed by atoms with Crippen LogP contribution in [0.1, 0.15) is 38.3 Å². The Morgan fingerprint density at radius 1 is 1.26 bits per heavy atom. The lowest BCUT2D eigenvalue weighted by atomic mass is 10.0. The van der Waals surface area contributed by atoms with Crippen LogP contribution in [0.5, 0.6) is 5.75 Å². The van der Waals surface area contributed by atoms with Gasteiger partial charge in [0.05, 0.1) is 19.7 Å². The molecule has 1 rings (SSSR count). The van der Waals surface area contributed by atoms with E-state index in [2.05, 4.69) is 24.5 Å². The molecular formula is C15H24N2O2. The van der Waals surface area contributed by atoms with Crippen molar-refractivity contribution in [1.29, 1.82) is 0 Å². The lowest BCUT2D eigenvalue weighted by Gasteiger charge is -2.18. The zero-order valence-corrected chi connectivity index (χ0v) is 12.0. The summed E-state index contributed by atoms with van der Waals surface area (Å²) in [7, 11) is 1.65. The Morgan fingerprint density at radius 2 is 1.95 bits per heavy atom. The van der Waals surface area contributed by atoms with Crippen LogP contribution in [0.25, 0.3) is 0 Å². The van der Waals surface area contributed by atoms with Gasteiger partial charge in [0.2, 0.25) is 5.91 Å². The standard InChI is InChI=1S/C15H24N2O2/c1-4-10-16-11-15(18)17-14(5-2)12-6-8-13(19-3)9-7-12/h6-9,14,16H,4-5,10-11H2,1-3H3,(H,17,18). The van der Waals surface area contributed by atoms with Gasteiger partial charge in [-0.15, -0.1) is 0 Å². The zero-order valence-electron chi connectivity index (χ0n) is 12.0. The number of nitrogens with one attached hydrogen (secondary N) is 2. The van der Waals surface area contributed by atoms with Crippen molar-refractivity contribution in [2.75, 3.05) is 20.2 Å². The van der Waals surface area contributed by atoms with E-state index >= 15 is 0 Å². The molecule has 4 heteroatoms. The van der Waals surface area contributed by atoms with Gasteiger partial charge in [-0.05, 0) is 37.1 Å². The molecule has 0 saturated carbocycles. The maximum absolute atomic E-state index is 11.8. The number of methoxy groups -OCH3 is 1. The SMILES string of the molecule is CCCNCC(=O)NC(CC)c1ccc(OC)cc1. The van der Waals surface area contributed by atoms with Gasteiger partial charge in [-0.2, -0.15) is 0 Å². The van der Waals surface area contributed by atoms with Gasteiger partial charge < -0.3 is 15.4 Å². The highest BCUT2D eigenvalue weighted by Gasteiger charge is 2.12. The summed E-state index contributed by atoms with van der Waals surface area (Å²) in [5.74, 6) is 0.866. The van der Waals surface area contributed by atoms with Crippen LogP contribution >= 0.6 is 0 Å². The fourth-order valence-electron chi connectivity index (χ4n) is 1.88. The van der Waals surface area contributed by atoms with E-state index in [-0.39, 0.29) is 11.9 Å². The number of hydrogen-bond donors (Lipinski definition) is 2. The third-order valence-corrected chi connectivity index (χ3v) is 2.97.